The number of pyridine rings is 1. The average Bonchev–Trinajstić information content (AvgIpc) is 3.02. The molecule has 1 aromatic carbocycles. The van der Waals surface area contributed by atoms with Crippen molar-refractivity contribution in [3.63, 3.8) is 0 Å². The lowest BCUT2D eigenvalue weighted by molar-refractivity contribution is 0.370. The summed E-state index contributed by atoms with van der Waals surface area (Å²) in [4.78, 5) is 7.50. The number of aryl methyl sites for hydroxylation is 3. The molecule has 4 rings (SSSR count). The van der Waals surface area contributed by atoms with Crippen LogP contribution < -0.4 is 15.4 Å². The fourth-order valence-electron chi connectivity index (χ4n) is 4.51. The van der Waals surface area contributed by atoms with E-state index in [1.54, 1.807) is 7.11 Å². The zero-order valence-corrected chi connectivity index (χ0v) is 17.9. The Morgan fingerprint density at radius 1 is 1.24 bits per heavy atom. The molecule has 2 atom stereocenters. The van der Waals surface area contributed by atoms with Crippen molar-refractivity contribution in [2.75, 3.05) is 12.0 Å². The van der Waals surface area contributed by atoms with E-state index in [2.05, 4.69) is 42.2 Å². The van der Waals surface area contributed by atoms with Crippen LogP contribution in [0.5, 0.6) is 5.75 Å². The highest BCUT2D eigenvalue weighted by Crippen LogP contribution is 2.31. The van der Waals surface area contributed by atoms with Gasteiger partial charge in [-0.05, 0) is 63.3 Å². The van der Waals surface area contributed by atoms with Crippen molar-refractivity contribution >= 4 is 16.7 Å². The molecule has 0 radical (unpaired) electrons. The van der Waals surface area contributed by atoms with Crippen LogP contribution in [0, 0.1) is 13.8 Å². The predicted octanol–water partition coefficient (Wildman–Crippen LogP) is 3.87. The molecule has 154 valence electrons. The van der Waals surface area contributed by atoms with Gasteiger partial charge < -0.3 is 15.4 Å². The molecule has 0 saturated heterocycles. The third kappa shape index (κ3) is 4.08. The van der Waals surface area contributed by atoms with E-state index in [9.17, 15) is 0 Å². The number of aromatic nitrogens is 3. The second-order valence-corrected chi connectivity index (χ2v) is 8.30. The van der Waals surface area contributed by atoms with E-state index in [1.165, 1.54) is 11.1 Å². The first kappa shape index (κ1) is 19.7. The van der Waals surface area contributed by atoms with E-state index in [-0.39, 0.29) is 6.04 Å². The van der Waals surface area contributed by atoms with Gasteiger partial charge >= 0.3 is 0 Å². The summed E-state index contributed by atoms with van der Waals surface area (Å²) in [5, 5.41) is 5.70. The van der Waals surface area contributed by atoms with Crippen molar-refractivity contribution in [2.45, 2.75) is 58.2 Å². The van der Waals surface area contributed by atoms with Gasteiger partial charge in [0, 0.05) is 48.9 Å². The van der Waals surface area contributed by atoms with Crippen molar-refractivity contribution in [3.05, 3.63) is 47.3 Å². The first-order chi connectivity index (χ1) is 13.9. The molecule has 6 heteroatoms. The molecule has 1 aliphatic rings. The van der Waals surface area contributed by atoms with Gasteiger partial charge in [0.25, 0.3) is 0 Å². The summed E-state index contributed by atoms with van der Waals surface area (Å²) >= 11 is 0. The molecule has 2 aromatic heterocycles. The molecule has 0 amide bonds. The third-order valence-corrected chi connectivity index (χ3v) is 6.09. The van der Waals surface area contributed by atoms with Crippen LogP contribution in [0.4, 0.5) is 5.82 Å². The number of nitrogens with zero attached hydrogens (tertiary/aromatic N) is 4. The molecule has 1 saturated carbocycles. The number of fused-ring (bicyclic) bond motifs is 1. The third-order valence-electron chi connectivity index (χ3n) is 6.09. The fourth-order valence-corrected chi connectivity index (χ4v) is 4.51. The van der Waals surface area contributed by atoms with Gasteiger partial charge in [-0.15, -0.1) is 0 Å². The summed E-state index contributed by atoms with van der Waals surface area (Å²) in [6, 6.07) is 8.95. The summed E-state index contributed by atoms with van der Waals surface area (Å²) < 4.78 is 7.31. The van der Waals surface area contributed by atoms with Crippen LogP contribution in [0.2, 0.25) is 0 Å². The molecule has 2 heterocycles. The normalized spacial score (nSPS) is 19.5. The average molecular weight is 394 g/mol. The minimum absolute atomic E-state index is 0.257. The van der Waals surface area contributed by atoms with Gasteiger partial charge in [0.05, 0.1) is 18.3 Å². The molecule has 6 nitrogen and oxygen atoms in total. The maximum absolute atomic E-state index is 6.35. The van der Waals surface area contributed by atoms with E-state index in [0.717, 1.165) is 60.4 Å². The van der Waals surface area contributed by atoms with Crippen LogP contribution in [-0.4, -0.2) is 34.0 Å². The number of ether oxygens (including phenoxy) is 1. The lowest BCUT2D eigenvalue weighted by atomic mass is 9.90. The molecule has 29 heavy (non-hydrogen) atoms. The van der Waals surface area contributed by atoms with Gasteiger partial charge in [-0.3, -0.25) is 4.68 Å². The maximum atomic E-state index is 6.35. The van der Waals surface area contributed by atoms with E-state index in [1.807, 2.05) is 23.9 Å². The van der Waals surface area contributed by atoms with Crippen LogP contribution in [0.25, 0.3) is 10.9 Å². The van der Waals surface area contributed by atoms with E-state index in [0.29, 0.717) is 6.04 Å². The summed E-state index contributed by atoms with van der Waals surface area (Å²) in [6.45, 7) is 5.02. The Balaban J connectivity index is 1.78. The van der Waals surface area contributed by atoms with Crippen molar-refractivity contribution in [1.82, 2.24) is 14.8 Å². The quantitative estimate of drug-likeness (QED) is 0.713. The SMILES string of the molecule is COc1ccc2c(C)cc(N(Cc3cn(C)nc3C)[C@H]3CCC[C@H](N)C3)nc2c1. The Morgan fingerprint density at radius 3 is 2.76 bits per heavy atom. The molecule has 1 fully saturated rings. The Labute approximate surface area is 172 Å². The molecule has 0 unspecified atom stereocenters. The topological polar surface area (TPSA) is 69.2 Å². The molecular formula is C23H31N5O. The minimum Gasteiger partial charge on any atom is -0.497 e. The molecule has 3 aromatic rings. The van der Waals surface area contributed by atoms with Gasteiger partial charge in [0.1, 0.15) is 11.6 Å². The maximum Gasteiger partial charge on any atom is 0.130 e. The van der Waals surface area contributed by atoms with Crippen molar-refractivity contribution in [2.24, 2.45) is 12.8 Å². The highest BCUT2D eigenvalue weighted by atomic mass is 16.5. The molecular weight excluding hydrogens is 362 g/mol. The number of hydrogen-bond acceptors (Lipinski definition) is 5. The summed E-state index contributed by atoms with van der Waals surface area (Å²) in [7, 11) is 3.67. The zero-order chi connectivity index (χ0) is 20.5. The highest BCUT2D eigenvalue weighted by molar-refractivity contribution is 5.85. The molecule has 0 bridgehead atoms. The first-order valence-corrected chi connectivity index (χ1v) is 10.4. The van der Waals surface area contributed by atoms with E-state index < -0.39 is 0 Å². The summed E-state index contributed by atoms with van der Waals surface area (Å²) in [6.07, 6.45) is 6.52. The Hall–Kier alpha value is -2.60. The second-order valence-electron chi connectivity index (χ2n) is 8.30. The van der Waals surface area contributed by atoms with Gasteiger partial charge in [-0.1, -0.05) is 0 Å². The Bertz CT molecular complexity index is 1010. The number of rotatable bonds is 5. The van der Waals surface area contributed by atoms with Crippen LogP contribution in [0.3, 0.4) is 0 Å². The number of methoxy groups -OCH3 is 1. The molecule has 1 aliphatic carbocycles. The van der Waals surface area contributed by atoms with Crippen molar-refractivity contribution < 1.29 is 4.74 Å². The van der Waals surface area contributed by atoms with Gasteiger partial charge in [-0.2, -0.15) is 5.10 Å². The molecule has 0 spiro atoms. The predicted molar refractivity (Wildman–Crippen MR) is 117 cm³/mol. The second kappa shape index (κ2) is 8.03. The summed E-state index contributed by atoms with van der Waals surface area (Å²) in [5.74, 6) is 1.83. The smallest absolute Gasteiger partial charge is 0.130 e. The van der Waals surface area contributed by atoms with Gasteiger partial charge in [0.15, 0.2) is 0 Å². The number of nitrogens with two attached hydrogens (primary N) is 1. The van der Waals surface area contributed by atoms with E-state index in [4.69, 9.17) is 15.5 Å². The highest BCUT2D eigenvalue weighted by Gasteiger charge is 2.27. The standard InChI is InChI=1S/C23H31N5O/c1-15-10-23(25-22-12-20(29-4)8-9-21(15)22)28(19-7-5-6-18(24)11-19)14-17-13-27(3)26-16(17)2/h8-10,12-13,18-19H,5-7,11,14,24H2,1-4H3/t18-,19-/m0/s1. The number of anilines is 1. The van der Waals surface area contributed by atoms with Crippen molar-refractivity contribution in [3.8, 4) is 5.75 Å². The number of benzene rings is 1. The molecule has 0 aliphatic heterocycles. The first-order valence-electron chi connectivity index (χ1n) is 10.4. The van der Waals surface area contributed by atoms with Crippen LogP contribution in [0.15, 0.2) is 30.5 Å². The van der Waals surface area contributed by atoms with E-state index >= 15 is 0 Å². The Kier molecular flexibility index (Phi) is 5.46. The lowest BCUT2D eigenvalue weighted by Gasteiger charge is -2.37. The molecule has 2 N–H and O–H groups in total. The van der Waals surface area contributed by atoms with Crippen LogP contribution in [-0.2, 0) is 13.6 Å². The monoisotopic (exact) mass is 393 g/mol. The lowest BCUT2D eigenvalue weighted by Crippen LogP contribution is -2.43. The number of hydrogen-bond donors (Lipinski definition) is 1. The van der Waals surface area contributed by atoms with Gasteiger partial charge in [-0.25, -0.2) is 4.98 Å². The van der Waals surface area contributed by atoms with Crippen LogP contribution in [0.1, 0.15) is 42.5 Å². The largest absolute Gasteiger partial charge is 0.497 e. The Morgan fingerprint density at radius 2 is 2.07 bits per heavy atom. The minimum atomic E-state index is 0.257. The zero-order valence-electron chi connectivity index (χ0n) is 17.9. The summed E-state index contributed by atoms with van der Waals surface area (Å²) in [5.41, 5.74) is 10.8. The fraction of sp³-hybridized carbons (Fsp3) is 0.478. The van der Waals surface area contributed by atoms with Gasteiger partial charge in [0.2, 0.25) is 0 Å². The van der Waals surface area contributed by atoms with Crippen LogP contribution >= 0.6 is 0 Å². The van der Waals surface area contributed by atoms with Crippen molar-refractivity contribution in [1.29, 1.82) is 0 Å².